The van der Waals surface area contributed by atoms with Crippen LogP contribution < -0.4 is 0 Å². The van der Waals surface area contributed by atoms with Gasteiger partial charge in [-0.15, -0.1) is 11.8 Å². The van der Waals surface area contributed by atoms with Crippen LogP contribution in [0.2, 0.25) is 0 Å². The predicted octanol–water partition coefficient (Wildman–Crippen LogP) is 3.51. The van der Waals surface area contributed by atoms with Gasteiger partial charge in [0.05, 0.1) is 6.10 Å². The second kappa shape index (κ2) is 5.73. The monoisotopic (exact) mass is 230 g/mol. The van der Waals surface area contributed by atoms with E-state index in [0.29, 0.717) is 5.75 Å². The summed E-state index contributed by atoms with van der Waals surface area (Å²) in [6.07, 6.45) is -0.397. The molecule has 2 aromatic carbocycles. The second-order valence-corrected chi connectivity index (χ2v) is 4.64. The van der Waals surface area contributed by atoms with Gasteiger partial charge >= 0.3 is 0 Å². The van der Waals surface area contributed by atoms with Crippen LogP contribution in [0.25, 0.3) is 0 Å². The van der Waals surface area contributed by atoms with E-state index in [9.17, 15) is 5.11 Å². The summed E-state index contributed by atoms with van der Waals surface area (Å²) in [4.78, 5) is 1.19. The van der Waals surface area contributed by atoms with Crippen LogP contribution >= 0.6 is 11.8 Å². The molecule has 1 N–H and O–H groups in total. The minimum Gasteiger partial charge on any atom is -0.388 e. The van der Waals surface area contributed by atoms with Crippen LogP contribution in [-0.2, 0) is 0 Å². The summed E-state index contributed by atoms with van der Waals surface area (Å²) in [6.45, 7) is 0. The van der Waals surface area contributed by atoms with Gasteiger partial charge in [-0.2, -0.15) is 0 Å². The van der Waals surface area contributed by atoms with Crippen molar-refractivity contribution in [3.63, 3.8) is 0 Å². The Morgan fingerprint density at radius 2 is 1.44 bits per heavy atom. The number of aliphatic hydroxyl groups excluding tert-OH is 1. The van der Waals surface area contributed by atoms with Crippen LogP contribution in [0.3, 0.4) is 0 Å². The molecule has 0 aromatic heterocycles. The molecule has 2 heteroatoms. The van der Waals surface area contributed by atoms with Gasteiger partial charge in [0.2, 0.25) is 0 Å². The van der Waals surface area contributed by atoms with E-state index in [-0.39, 0.29) is 0 Å². The normalized spacial score (nSPS) is 12.3. The van der Waals surface area contributed by atoms with Crippen LogP contribution in [0.15, 0.2) is 65.6 Å². The molecular weight excluding hydrogens is 216 g/mol. The van der Waals surface area contributed by atoms with E-state index < -0.39 is 6.10 Å². The average molecular weight is 230 g/mol. The van der Waals surface area contributed by atoms with Gasteiger partial charge in [-0.05, 0) is 17.7 Å². The standard InChI is InChI=1S/C14H14OS/c15-14(12-7-3-1-4-8-12)11-16-13-9-5-2-6-10-13/h1-10,14-15H,11H2/t14-/m0/s1. The minimum atomic E-state index is -0.397. The predicted molar refractivity (Wildman–Crippen MR) is 68.6 cm³/mol. The molecule has 16 heavy (non-hydrogen) atoms. The molecule has 0 aliphatic rings. The van der Waals surface area contributed by atoms with E-state index in [1.807, 2.05) is 48.5 Å². The first-order valence-corrected chi connectivity index (χ1v) is 6.25. The summed E-state index contributed by atoms with van der Waals surface area (Å²) in [5, 5.41) is 9.96. The van der Waals surface area contributed by atoms with Gasteiger partial charge < -0.3 is 5.11 Å². The molecule has 0 radical (unpaired) electrons. The highest BCUT2D eigenvalue weighted by Crippen LogP contribution is 2.24. The smallest absolute Gasteiger partial charge is 0.0883 e. The Morgan fingerprint density at radius 1 is 0.875 bits per heavy atom. The molecular formula is C14H14OS. The van der Waals surface area contributed by atoms with Crippen molar-refractivity contribution in [2.45, 2.75) is 11.0 Å². The lowest BCUT2D eigenvalue weighted by Crippen LogP contribution is -1.99. The zero-order chi connectivity index (χ0) is 11.2. The van der Waals surface area contributed by atoms with Gasteiger partial charge in [-0.3, -0.25) is 0 Å². The third-order valence-corrected chi connectivity index (χ3v) is 3.42. The Bertz CT molecular complexity index is 413. The third-order valence-electron chi connectivity index (χ3n) is 2.34. The molecule has 0 aliphatic carbocycles. The van der Waals surface area contributed by atoms with E-state index >= 15 is 0 Å². The zero-order valence-corrected chi connectivity index (χ0v) is 9.73. The SMILES string of the molecule is O[C@@H](CSc1ccccc1)c1ccccc1. The zero-order valence-electron chi connectivity index (χ0n) is 8.91. The Balaban J connectivity index is 1.92. The fourth-order valence-corrected chi connectivity index (χ4v) is 2.36. The van der Waals surface area contributed by atoms with Crippen molar-refractivity contribution in [3.05, 3.63) is 66.2 Å². The van der Waals surface area contributed by atoms with Crippen molar-refractivity contribution >= 4 is 11.8 Å². The number of thioether (sulfide) groups is 1. The van der Waals surface area contributed by atoms with Crippen LogP contribution in [0.1, 0.15) is 11.7 Å². The first-order valence-electron chi connectivity index (χ1n) is 5.27. The first-order chi connectivity index (χ1) is 7.86. The number of hydrogen-bond donors (Lipinski definition) is 1. The number of hydrogen-bond acceptors (Lipinski definition) is 2. The van der Waals surface area contributed by atoms with Crippen LogP contribution in [0, 0.1) is 0 Å². The Labute approximate surface area is 100 Å². The van der Waals surface area contributed by atoms with Crippen molar-refractivity contribution in [3.8, 4) is 0 Å². The maximum atomic E-state index is 9.96. The molecule has 0 spiro atoms. The average Bonchev–Trinajstić information content (AvgIpc) is 2.38. The molecule has 1 nitrogen and oxygen atoms in total. The van der Waals surface area contributed by atoms with Gasteiger partial charge in [0.1, 0.15) is 0 Å². The van der Waals surface area contributed by atoms with Gasteiger partial charge in [-0.1, -0.05) is 48.5 Å². The third kappa shape index (κ3) is 3.12. The summed E-state index contributed by atoms with van der Waals surface area (Å²) >= 11 is 1.67. The van der Waals surface area contributed by atoms with Gasteiger partial charge in [0.25, 0.3) is 0 Å². The van der Waals surface area contributed by atoms with Crippen LogP contribution in [0.4, 0.5) is 0 Å². The Morgan fingerprint density at radius 3 is 2.06 bits per heavy atom. The lowest BCUT2D eigenvalue weighted by molar-refractivity contribution is 0.204. The van der Waals surface area contributed by atoms with Crippen LogP contribution in [0.5, 0.6) is 0 Å². The highest BCUT2D eigenvalue weighted by molar-refractivity contribution is 7.99. The van der Waals surface area contributed by atoms with E-state index in [0.717, 1.165) is 5.56 Å². The van der Waals surface area contributed by atoms with E-state index in [1.54, 1.807) is 11.8 Å². The Kier molecular flexibility index (Phi) is 4.03. The van der Waals surface area contributed by atoms with Gasteiger partial charge in [0.15, 0.2) is 0 Å². The fraction of sp³-hybridized carbons (Fsp3) is 0.143. The molecule has 0 unspecified atom stereocenters. The van der Waals surface area contributed by atoms with Crippen molar-refractivity contribution in [2.24, 2.45) is 0 Å². The van der Waals surface area contributed by atoms with Crippen molar-refractivity contribution < 1.29 is 5.11 Å². The van der Waals surface area contributed by atoms with E-state index in [4.69, 9.17) is 0 Å². The van der Waals surface area contributed by atoms with Gasteiger partial charge in [0, 0.05) is 10.6 Å². The molecule has 2 aromatic rings. The first kappa shape index (κ1) is 11.2. The minimum absolute atomic E-state index is 0.397. The number of aliphatic hydroxyl groups is 1. The quantitative estimate of drug-likeness (QED) is 0.811. The summed E-state index contributed by atoms with van der Waals surface area (Å²) in [6, 6.07) is 19.9. The van der Waals surface area contributed by atoms with E-state index in [2.05, 4.69) is 12.1 Å². The molecule has 0 bridgehead atoms. The lowest BCUT2D eigenvalue weighted by atomic mass is 10.1. The highest BCUT2D eigenvalue weighted by atomic mass is 32.2. The summed E-state index contributed by atoms with van der Waals surface area (Å²) < 4.78 is 0. The number of benzene rings is 2. The maximum Gasteiger partial charge on any atom is 0.0883 e. The molecule has 0 saturated heterocycles. The summed E-state index contributed by atoms with van der Waals surface area (Å²) in [5.74, 6) is 0.689. The Hall–Kier alpha value is -1.25. The second-order valence-electron chi connectivity index (χ2n) is 3.55. The van der Waals surface area contributed by atoms with Crippen LogP contribution in [-0.4, -0.2) is 10.9 Å². The molecule has 0 heterocycles. The summed E-state index contributed by atoms with van der Waals surface area (Å²) in [7, 11) is 0. The molecule has 0 amide bonds. The molecule has 82 valence electrons. The topological polar surface area (TPSA) is 20.2 Å². The van der Waals surface area contributed by atoms with Crippen molar-refractivity contribution in [1.29, 1.82) is 0 Å². The van der Waals surface area contributed by atoms with E-state index in [1.165, 1.54) is 4.90 Å². The van der Waals surface area contributed by atoms with Crippen molar-refractivity contribution in [1.82, 2.24) is 0 Å². The van der Waals surface area contributed by atoms with Crippen molar-refractivity contribution in [2.75, 3.05) is 5.75 Å². The molecule has 2 rings (SSSR count). The molecule has 0 aliphatic heterocycles. The molecule has 0 saturated carbocycles. The maximum absolute atomic E-state index is 9.96. The highest BCUT2D eigenvalue weighted by Gasteiger charge is 2.06. The van der Waals surface area contributed by atoms with Gasteiger partial charge in [-0.25, -0.2) is 0 Å². The molecule has 0 fully saturated rings. The molecule has 1 atom stereocenters. The largest absolute Gasteiger partial charge is 0.388 e. The number of rotatable bonds is 4. The summed E-state index contributed by atoms with van der Waals surface area (Å²) in [5.41, 5.74) is 0.978. The lowest BCUT2D eigenvalue weighted by Gasteiger charge is -2.10. The fourth-order valence-electron chi connectivity index (χ4n) is 1.46.